The summed E-state index contributed by atoms with van der Waals surface area (Å²) in [5, 5.41) is 13.2. The molecule has 1 unspecified atom stereocenters. The van der Waals surface area contributed by atoms with E-state index in [1.165, 1.54) is 0 Å². The Hall–Kier alpha value is -1.89. The van der Waals surface area contributed by atoms with E-state index in [0.29, 0.717) is 28.2 Å². The largest absolute Gasteiger partial charge is 0.332 e. The fourth-order valence-corrected chi connectivity index (χ4v) is 3.76. The molecule has 0 radical (unpaired) electrons. The van der Waals surface area contributed by atoms with Gasteiger partial charge in [0.25, 0.3) is 5.89 Å². The molecule has 1 aliphatic rings. The SMILES string of the molecule is CNC(C)Cc1noc(-c2nn(-c3ccc(Cl)cc3Cl)c3c2CCC3)n1. The van der Waals surface area contributed by atoms with Crippen LogP contribution >= 0.6 is 23.2 Å². The summed E-state index contributed by atoms with van der Waals surface area (Å²) < 4.78 is 7.39. The minimum Gasteiger partial charge on any atom is -0.332 e. The van der Waals surface area contributed by atoms with E-state index in [1.54, 1.807) is 6.07 Å². The Morgan fingerprint density at radius 2 is 2.15 bits per heavy atom. The summed E-state index contributed by atoms with van der Waals surface area (Å²) in [6, 6.07) is 5.70. The van der Waals surface area contributed by atoms with Crippen LogP contribution in [-0.2, 0) is 19.3 Å². The molecule has 26 heavy (non-hydrogen) atoms. The van der Waals surface area contributed by atoms with Gasteiger partial charge in [0.05, 0.1) is 10.7 Å². The summed E-state index contributed by atoms with van der Waals surface area (Å²) in [4.78, 5) is 4.54. The molecule has 0 aliphatic heterocycles. The average Bonchev–Trinajstić information content (AvgIpc) is 3.31. The van der Waals surface area contributed by atoms with Crippen LogP contribution in [0.3, 0.4) is 0 Å². The number of nitrogens with one attached hydrogen (secondary N) is 1. The van der Waals surface area contributed by atoms with Crippen LogP contribution in [0.1, 0.15) is 30.4 Å². The standard InChI is InChI=1S/C18H19Cl2N5O/c1-10(21-2)8-16-22-18(26-24-16)17-12-4-3-5-14(12)25(23-17)15-7-6-11(19)9-13(15)20/h6-7,9-10,21H,3-5,8H2,1-2H3. The molecule has 0 saturated heterocycles. The number of likely N-dealkylation sites (N-methyl/N-ethyl adjacent to an activating group) is 1. The van der Waals surface area contributed by atoms with E-state index in [1.807, 2.05) is 23.9 Å². The molecule has 2 aromatic heterocycles. The van der Waals surface area contributed by atoms with E-state index in [2.05, 4.69) is 22.4 Å². The lowest BCUT2D eigenvalue weighted by Gasteiger charge is -2.07. The highest BCUT2D eigenvalue weighted by molar-refractivity contribution is 6.35. The van der Waals surface area contributed by atoms with Crippen molar-refractivity contribution in [3.63, 3.8) is 0 Å². The predicted molar refractivity (Wildman–Crippen MR) is 101 cm³/mol. The average molecular weight is 392 g/mol. The third-order valence-electron chi connectivity index (χ3n) is 4.72. The van der Waals surface area contributed by atoms with Crippen molar-refractivity contribution >= 4 is 23.2 Å². The van der Waals surface area contributed by atoms with Crippen molar-refractivity contribution in [3.8, 4) is 17.3 Å². The summed E-state index contributed by atoms with van der Waals surface area (Å²) in [6.45, 7) is 2.07. The second kappa shape index (κ2) is 7.02. The summed E-state index contributed by atoms with van der Waals surface area (Å²) in [6.07, 6.45) is 3.66. The van der Waals surface area contributed by atoms with Gasteiger partial charge in [0.2, 0.25) is 0 Å². The number of halogens is 2. The second-order valence-corrected chi connectivity index (χ2v) is 7.39. The van der Waals surface area contributed by atoms with Crippen molar-refractivity contribution < 1.29 is 4.52 Å². The summed E-state index contributed by atoms with van der Waals surface area (Å²) in [5.74, 6) is 1.14. The zero-order valence-electron chi connectivity index (χ0n) is 14.6. The molecular weight excluding hydrogens is 373 g/mol. The van der Waals surface area contributed by atoms with Crippen LogP contribution in [0.15, 0.2) is 22.7 Å². The molecule has 1 atom stereocenters. The van der Waals surface area contributed by atoms with E-state index in [0.717, 1.165) is 41.9 Å². The number of hydrogen-bond acceptors (Lipinski definition) is 5. The van der Waals surface area contributed by atoms with Gasteiger partial charge in [-0.25, -0.2) is 4.68 Å². The molecule has 2 heterocycles. The maximum absolute atomic E-state index is 6.39. The van der Waals surface area contributed by atoms with Crippen LogP contribution in [-0.4, -0.2) is 33.0 Å². The summed E-state index contributed by atoms with van der Waals surface area (Å²) in [7, 11) is 1.91. The Morgan fingerprint density at radius 3 is 2.92 bits per heavy atom. The molecule has 0 bridgehead atoms. The van der Waals surface area contributed by atoms with E-state index in [4.69, 9.17) is 32.8 Å². The molecule has 1 N–H and O–H groups in total. The maximum Gasteiger partial charge on any atom is 0.278 e. The van der Waals surface area contributed by atoms with Gasteiger partial charge in [-0.2, -0.15) is 10.1 Å². The van der Waals surface area contributed by atoms with Gasteiger partial charge in [0.15, 0.2) is 11.5 Å². The zero-order chi connectivity index (χ0) is 18.3. The lowest BCUT2D eigenvalue weighted by atomic mass is 10.2. The van der Waals surface area contributed by atoms with E-state index in [-0.39, 0.29) is 6.04 Å². The first-order valence-corrected chi connectivity index (χ1v) is 9.39. The molecule has 3 aromatic rings. The van der Waals surface area contributed by atoms with Crippen LogP contribution in [0.4, 0.5) is 0 Å². The number of rotatable bonds is 5. The molecule has 0 saturated carbocycles. The zero-order valence-corrected chi connectivity index (χ0v) is 16.1. The third-order valence-corrected chi connectivity index (χ3v) is 5.26. The lowest BCUT2D eigenvalue weighted by Crippen LogP contribution is -2.24. The minimum atomic E-state index is 0.275. The Balaban J connectivity index is 1.75. The number of benzene rings is 1. The molecule has 1 aromatic carbocycles. The molecule has 136 valence electrons. The Kier molecular flexibility index (Phi) is 4.73. The molecule has 0 fully saturated rings. The fourth-order valence-electron chi connectivity index (χ4n) is 3.27. The maximum atomic E-state index is 6.39. The smallest absolute Gasteiger partial charge is 0.278 e. The summed E-state index contributed by atoms with van der Waals surface area (Å²) in [5.41, 5.74) is 3.86. The highest BCUT2D eigenvalue weighted by Gasteiger charge is 2.28. The second-order valence-electron chi connectivity index (χ2n) is 6.54. The van der Waals surface area contributed by atoms with Crippen molar-refractivity contribution in [1.29, 1.82) is 0 Å². The fraction of sp³-hybridized carbons (Fsp3) is 0.389. The quantitative estimate of drug-likeness (QED) is 0.714. The molecule has 0 spiro atoms. The minimum absolute atomic E-state index is 0.275. The van der Waals surface area contributed by atoms with Crippen LogP contribution < -0.4 is 5.32 Å². The Morgan fingerprint density at radius 1 is 1.31 bits per heavy atom. The van der Waals surface area contributed by atoms with Crippen LogP contribution in [0.2, 0.25) is 10.0 Å². The molecule has 4 rings (SSSR count). The van der Waals surface area contributed by atoms with Crippen molar-refractivity contribution in [3.05, 3.63) is 45.3 Å². The van der Waals surface area contributed by atoms with Crippen LogP contribution in [0.5, 0.6) is 0 Å². The molecule has 8 heteroatoms. The van der Waals surface area contributed by atoms with Crippen molar-refractivity contribution in [1.82, 2.24) is 25.2 Å². The molecular formula is C18H19Cl2N5O. The van der Waals surface area contributed by atoms with Crippen molar-refractivity contribution in [2.75, 3.05) is 7.05 Å². The van der Waals surface area contributed by atoms with Gasteiger partial charge in [-0.05, 0) is 51.4 Å². The number of aromatic nitrogens is 4. The van der Waals surface area contributed by atoms with Gasteiger partial charge >= 0.3 is 0 Å². The van der Waals surface area contributed by atoms with E-state index < -0.39 is 0 Å². The van der Waals surface area contributed by atoms with Gasteiger partial charge in [0.1, 0.15) is 0 Å². The number of hydrogen-bond donors (Lipinski definition) is 1. The highest BCUT2D eigenvalue weighted by atomic mass is 35.5. The van der Waals surface area contributed by atoms with Gasteiger partial charge in [0, 0.05) is 28.7 Å². The number of nitrogens with zero attached hydrogens (tertiary/aromatic N) is 4. The molecule has 6 nitrogen and oxygen atoms in total. The third kappa shape index (κ3) is 3.13. The van der Waals surface area contributed by atoms with Gasteiger partial charge in [-0.15, -0.1) is 0 Å². The van der Waals surface area contributed by atoms with Gasteiger partial charge in [-0.1, -0.05) is 28.4 Å². The number of fused-ring (bicyclic) bond motifs is 1. The Labute approximate surface area is 161 Å². The predicted octanol–water partition coefficient (Wildman–Crippen LogP) is 3.87. The first-order chi connectivity index (χ1) is 12.6. The monoisotopic (exact) mass is 391 g/mol. The topological polar surface area (TPSA) is 68.8 Å². The normalized spacial score (nSPS) is 14.6. The van der Waals surface area contributed by atoms with Crippen LogP contribution in [0.25, 0.3) is 17.3 Å². The Bertz CT molecular complexity index is 949. The van der Waals surface area contributed by atoms with E-state index >= 15 is 0 Å². The van der Waals surface area contributed by atoms with Crippen molar-refractivity contribution in [2.45, 2.75) is 38.6 Å². The van der Waals surface area contributed by atoms with Gasteiger partial charge < -0.3 is 9.84 Å². The highest BCUT2D eigenvalue weighted by Crippen LogP contribution is 2.35. The van der Waals surface area contributed by atoms with Crippen molar-refractivity contribution in [2.24, 2.45) is 0 Å². The first kappa shape index (κ1) is 17.5. The summed E-state index contributed by atoms with van der Waals surface area (Å²) >= 11 is 12.4. The lowest BCUT2D eigenvalue weighted by molar-refractivity contribution is 0.416. The van der Waals surface area contributed by atoms with Gasteiger partial charge in [-0.3, -0.25) is 0 Å². The van der Waals surface area contributed by atoms with Crippen LogP contribution in [0, 0.1) is 0 Å². The first-order valence-electron chi connectivity index (χ1n) is 8.63. The molecule has 1 aliphatic carbocycles. The molecule has 0 amide bonds. The van der Waals surface area contributed by atoms with E-state index in [9.17, 15) is 0 Å².